The summed E-state index contributed by atoms with van der Waals surface area (Å²) in [6, 6.07) is 9.48. The highest BCUT2D eigenvalue weighted by atomic mass is 35.5. The monoisotopic (exact) mass is 564 g/mol. The van der Waals surface area contributed by atoms with Crippen LogP contribution in [0.1, 0.15) is 73.3 Å². The maximum absolute atomic E-state index is 13.9. The van der Waals surface area contributed by atoms with Gasteiger partial charge in [-0.3, -0.25) is 14.4 Å². The van der Waals surface area contributed by atoms with E-state index >= 15 is 0 Å². The number of ether oxygens (including phenoxy) is 1. The molecule has 11 heteroatoms. The first kappa shape index (κ1) is 27.3. The third-order valence-electron chi connectivity index (χ3n) is 8.00. The van der Waals surface area contributed by atoms with Crippen LogP contribution in [0.2, 0.25) is 5.02 Å². The Kier molecular flexibility index (Phi) is 7.50. The summed E-state index contributed by atoms with van der Waals surface area (Å²) in [5.41, 5.74) is 1.53. The second-order valence-corrected chi connectivity index (χ2v) is 10.8. The quantitative estimate of drug-likeness (QED) is 0.423. The number of alkyl halides is 3. The Labute approximate surface area is 228 Å². The fraction of sp³-hybridized carbons (Fsp3) is 0.464. The number of benzene rings is 2. The van der Waals surface area contributed by atoms with Crippen LogP contribution in [0.5, 0.6) is 5.75 Å². The average Bonchev–Trinajstić information content (AvgIpc) is 3.31. The van der Waals surface area contributed by atoms with Gasteiger partial charge in [-0.2, -0.15) is 0 Å². The first-order chi connectivity index (χ1) is 18.5. The number of carbonyl (C=O) groups excluding carboxylic acids is 2. The number of carbonyl (C=O) groups is 3. The van der Waals surface area contributed by atoms with Crippen LogP contribution in [0.4, 0.5) is 18.9 Å². The lowest BCUT2D eigenvalue weighted by Crippen LogP contribution is -2.55. The van der Waals surface area contributed by atoms with E-state index in [1.807, 2.05) is 11.0 Å². The van der Waals surface area contributed by atoms with E-state index in [-0.39, 0.29) is 54.3 Å². The molecule has 7 nitrogen and oxygen atoms in total. The minimum atomic E-state index is -4.84. The van der Waals surface area contributed by atoms with E-state index in [2.05, 4.69) is 4.74 Å². The van der Waals surface area contributed by atoms with Gasteiger partial charge in [-0.1, -0.05) is 24.1 Å². The second-order valence-electron chi connectivity index (χ2n) is 10.3. The third-order valence-corrected chi connectivity index (χ3v) is 8.24. The molecular weight excluding hydrogens is 537 g/mol. The van der Waals surface area contributed by atoms with Crippen molar-refractivity contribution in [3.8, 4) is 5.75 Å². The zero-order valence-corrected chi connectivity index (χ0v) is 21.8. The molecule has 2 saturated carbocycles. The minimum Gasteiger partial charge on any atom is -0.481 e. The van der Waals surface area contributed by atoms with Crippen LogP contribution in [-0.2, 0) is 9.59 Å². The summed E-state index contributed by atoms with van der Waals surface area (Å²) >= 11 is 6.39. The Balaban J connectivity index is 1.53. The first-order valence-electron chi connectivity index (χ1n) is 13.1. The number of rotatable bonds is 7. The van der Waals surface area contributed by atoms with Crippen molar-refractivity contribution in [3.05, 3.63) is 58.6 Å². The van der Waals surface area contributed by atoms with Crippen LogP contribution in [0.15, 0.2) is 42.5 Å². The molecule has 5 rings (SSSR count). The van der Waals surface area contributed by atoms with Crippen molar-refractivity contribution in [2.24, 2.45) is 5.92 Å². The van der Waals surface area contributed by atoms with E-state index in [0.717, 1.165) is 49.8 Å². The van der Waals surface area contributed by atoms with Crippen LogP contribution in [0.25, 0.3) is 0 Å². The summed E-state index contributed by atoms with van der Waals surface area (Å²) < 4.78 is 41.8. The molecule has 2 fully saturated rings. The van der Waals surface area contributed by atoms with Gasteiger partial charge in [0.2, 0.25) is 5.91 Å². The molecule has 1 heterocycles. The zero-order chi connectivity index (χ0) is 27.9. The predicted molar refractivity (Wildman–Crippen MR) is 137 cm³/mol. The van der Waals surface area contributed by atoms with Crippen molar-refractivity contribution in [2.75, 3.05) is 4.90 Å². The van der Waals surface area contributed by atoms with Gasteiger partial charge < -0.3 is 19.6 Å². The van der Waals surface area contributed by atoms with Crippen LogP contribution in [0.3, 0.4) is 0 Å². The lowest BCUT2D eigenvalue weighted by atomic mass is 9.78. The number of aliphatic carboxylic acids is 1. The molecule has 208 valence electrons. The molecule has 0 unspecified atom stereocenters. The molecule has 0 radical (unpaired) electrons. The second kappa shape index (κ2) is 10.7. The molecule has 0 aromatic heterocycles. The molecule has 3 atom stereocenters. The van der Waals surface area contributed by atoms with Crippen LogP contribution < -0.4 is 9.64 Å². The highest BCUT2D eigenvalue weighted by Crippen LogP contribution is 2.53. The highest BCUT2D eigenvalue weighted by molar-refractivity contribution is 6.31. The number of nitrogens with zero attached hydrogens (tertiary/aromatic N) is 2. The van der Waals surface area contributed by atoms with Crippen LogP contribution >= 0.6 is 11.6 Å². The van der Waals surface area contributed by atoms with Crippen molar-refractivity contribution < 1.29 is 37.4 Å². The van der Waals surface area contributed by atoms with E-state index in [9.17, 15) is 32.7 Å². The largest absolute Gasteiger partial charge is 0.573 e. The number of hydrogen-bond acceptors (Lipinski definition) is 4. The molecule has 0 saturated heterocycles. The predicted octanol–water partition coefficient (Wildman–Crippen LogP) is 6.35. The number of carboxylic acids is 1. The Morgan fingerprint density at radius 3 is 2.31 bits per heavy atom. The van der Waals surface area contributed by atoms with Crippen molar-refractivity contribution in [1.29, 1.82) is 0 Å². The van der Waals surface area contributed by atoms with Crippen molar-refractivity contribution in [1.82, 2.24) is 4.90 Å². The Morgan fingerprint density at radius 1 is 1.00 bits per heavy atom. The van der Waals surface area contributed by atoms with E-state index in [4.69, 9.17) is 11.6 Å². The van der Waals surface area contributed by atoms with Gasteiger partial charge in [-0.05, 0) is 74.1 Å². The molecule has 0 spiro atoms. The molecule has 2 aromatic carbocycles. The van der Waals surface area contributed by atoms with Gasteiger partial charge in [0.15, 0.2) is 0 Å². The Bertz CT molecular complexity index is 1260. The van der Waals surface area contributed by atoms with Gasteiger partial charge in [0, 0.05) is 35.0 Å². The van der Waals surface area contributed by atoms with Gasteiger partial charge in [0.1, 0.15) is 5.75 Å². The number of amides is 2. The summed E-state index contributed by atoms with van der Waals surface area (Å²) in [7, 11) is 0. The lowest BCUT2D eigenvalue weighted by Gasteiger charge is -2.51. The Hall–Kier alpha value is -3.27. The van der Waals surface area contributed by atoms with Gasteiger partial charge in [-0.25, -0.2) is 0 Å². The molecule has 2 aromatic rings. The number of hydrogen-bond donors (Lipinski definition) is 1. The van der Waals surface area contributed by atoms with Crippen LogP contribution in [-0.4, -0.2) is 46.2 Å². The summed E-state index contributed by atoms with van der Waals surface area (Å²) in [6.45, 7) is 0. The number of halogens is 4. The number of carboxylic acid groups (broad SMARTS) is 1. The smallest absolute Gasteiger partial charge is 0.481 e. The topological polar surface area (TPSA) is 87.2 Å². The van der Waals surface area contributed by atoms with Crippen molar-refractivity contribution in [2.45, 2.75) is 75.9 Å². The third kappa shape index (κ3) is 5.57. The molecule has 2 amide bonds. The van der Waals surface area contributed by atoms with E-state index < -0.39 is 18.1 Å². The minimum absolute atomic E-state index is 0.00417. The maximum Gasteiger partial charge on any atom is 0.573 e. The number of anilines is 1. The SMILES string of the molecule is O=C(O)CCC(=O)N(C1CCC1)[C@H]1c2ccc(Cl)cc2N(C(=O)c2ccc(OC(F)(F)F)cc2)[C@H]2CCC[C@H]21. The van der Waals surface area contributed by atoms with Crippen LogP contribution in [0, 0.1) is 5.92 Å². The Morgan fingerprint density at radius 2 is 1.69 bits per heavy atom. The number of fused-ring (bicyclic) bond motifs is 2. The van der Waals surface area contributed by atoms with E-state index in [0.29, 0.717) is 17.1 Å². The highest BCUT2D eigenvalue weighted by Gasteiger charge is 2.50. The molecule has 39 heavy (non-hydrogen) atoms. The fourth-order valence-electron chi connectivity index (χ4n) is 6.19. The summed E-state index contributed by atoms with van der Waals surface area (Å²) in [5.74, 6) is -2.12. The molecule has 3 aliphatic rings. The molecular formula is C28H28ClF3N2O5. The van der Waals surface area contributed by atoms with E-state index in [1.54, 1.807) is 17.0 Å². The average molecular weight is 565 g/mol. The molecule has 2 aliphatic carbocycles. The fourth-order valence-corrected chi connectivity index (χ4v) is 6.36. The lowest BCUT2D eigenvalue weighted by molar-refractivity contribution is -0.274. The molecule has 1 N–H and O–H groups in total. The zero-order valence-electron chi connectivity index (χ0n) is 21.0. The summed E-state index contributed by atoms with van der Waals surface area (Å²) in [5, 5.41) is 9.59. The van der Waals surface area contributed by atoms with Gasteiger partial charge in [0.25, 0.3) is 5.91 Å². The van der Waals surface area contributed by atoms with Gasteiger partial charge in [0.05, 0.1) is 18.2 Å². The van der Waals surface area contributed by atoms with Crippen molar-refractivity contribution in [3.63, 3.8) is 0 Å². The normalized spacial score (nSPS) is 22.5. The molecule has 0 bridgehead atoms. The first-order valence-corrected chi connectivity index (χ1v) is 13.4. The maximum atomic E-state index is 13.9. The van der Waals surface area contributed by atoms with Crippen molar-refractivity contribution >= 4 is 35.1 Å². The summed E-state index contributed by atoms with van der Waals surface area (Å²) in [4.78, 5) is 42.1. The molecule has 1 aliphatic heterocycles. The van der Waals surface area contributed by atoms with Gasteiger partial charge in [-0.15, -0.1) is 13.2 Å². The standard InChI is InChI=1S/C28H28ClF3N2O5/c29-17-9-12-21-23(15-17)34(27(38)16-7-10-19(11-8-16)39-28(30,31)32)22-6-2-5-20(22)26(21)33(18-3-1-4-18)24(35)13-14-25(36)37/h7-12,15,18,20,22,26H,1-6,13-14H2,(H,36,37)/t20-,22+,26-/m1/s1. The summed E-state index contributed by atoms with van der Waals surface area (Å²) in [6.07, 6.45) is -0.237. The van der Waals surface area contributed by atoms with Gasteiger partial charge >= 0.3 is 12.3 Å². The van der Waals surface area contributed by atoms with E-state index in [1.165, 1.54) is 12.1 Å².